The van der Waals surface area contributed by atoms with E-state index in [1.165, 1.54) is 31.4 Å². The van der Waals surface area contributed by atoms with Gasteiger partial charge in [0.1, 0.15) is 11.6 Å². The molecule has 1 aromatic rings. The van der Waals surface area contributed by atoms with Gasteiger partial charge in [0, 0.05) is 23.7 Å². The van der Waals surface area contributed by atoms with Crippen LogP contribution in [0.4, 0.5) is 4.39 Å². The molecule has 0 spiro atoms. The lowest BCUT2D eigenvalue weighted by Crippen LogP contribution is -2.44. The fraction of sp³-hybridized carbons (Fsp3) is 0.625. The third kappa shape index (κ3) is 3.13. The van der Waals surface area contributed by atoms with Crippen LogP contribution in [0.5, 0.6) is 5.75 Å². The smallest absolute Gasteiger partial charge is 0.126 e. The quantitative estimate of drug-likeness (QED) is 0.891. The SMILES string of the molecule is CC(c1ccc(F)cc1O)N(C)C1CCCCC1CN. The average molecular weight is 280 g/mol. The van der Waals surface area contributed by atoms with Crippen LogP contribution in [0.3, 0.4) is 0 Å². The molecular weight excluding hydrogens is 255 g/mol. The molecule has 1 aliphatic rings. The van der Waals surface area contributed by atoms with Crippen molar-refractivity contribution in [2.45, 2.75) is 44.7 Å². The Hall–Kier alpha value is -1.13. The van der Waals surface area contributed by atoms with Gasteiger partial charge in [0.2, 0.25) is 0 Å². The van der Waals surface area contributed by atoms with Gasteiger partial charge in [-0.05, 0) is 45.3 Å². The first-order valence-electron chi connectivity index (χ1n) is 7.45. The Morgan fingerprint density at radius 3 is 2.75 bits per heavy atom. The van der Waals surface area contributed by atoms with Crippen LogP contribution in [0.2, 0.25) is 0 Å². The average Bonchev–Trinajstić information content (AvgIpc) is 2.45. The Balaban J connectivity index is 2.16. The van der Waals surface area contributed by atoms with E-state index in [-0.39, 0.29) is 11.8 Å². The van der Waals surface area contributed by atoms with E-state index in [2.05, 4.69) is 18.9 Å². The summed E-state index contributed by atoms with van der Waals surface area (Å²) in [5.74, 6) is 0.141. The van der Waals surface area contributed by atoms with Crippen molar-refractivity contribution < 1.29 is 9.50 Å². The topological polar surface area (TPSA) is 49.5 Å². The highest BCUT2D eigenvalue weighted by molar-refractivity contribution is 5.35. The molecule has 112 valence electrons. The van der Waals surface area contributed by atoms with Crippen LogP contribution < -0.4 is 5.73 Å². The van der Waals surface area contributed by atoms with Gasteiger partial charge in [0.25, 0.3) is 0 Å². The predicted molar refractivity (Wildman–Crippen MR) is 79.0 cm³/mol. The summed E-state index contributed by atoms with van der Waals surface area (Å²) in [6, 6.07) is 4.74. The fourth-order valence-corrected chi connectivity index (χ4v) is 3.38. The molecule has 2 rings (SSSR count). The molecule has 0 aliphatic heterocycles. The Bertz CT molecular complexity index is 452. The summed E-state index contributed by atoms with van der Waals surface area (Å²) in [7, 11) is 2.08. The van der Waals surface area contributed by atoms with Crippen LogP contribution >= 0.6 is 0 Å². The van der Waals surface area contributed by atoms with E-state index in [1.54, 1.807) is 6.07 Å². The van der Waals surface area contributed by atoms with E-state index in [1.807, 2.05) is 0 Å². The van der Waals surface area contributed by atoms with Crippen LogP contribution in [-0.4, -0.2) is 29.6 Å². The highest BCUT2D eigenvalue weighted by atomic mass is 19.1. The molecule has 1 aliphatic carbocycles. The minimum Gasteiger partial charge on any atom is -0.508 e. The van der Waals surface area contributed by atoms with Crippen molar-refractivity contribution >= 4 is 0 Å². The molecule has 3 atom stereocenters. The molecular formula is C16H25FN2O. The van der Waals surface area contributed by atoms with Gasteiger partial charge in [0.05, 0.1) is 0 Å². The third-order valence-electron chi connectivity index (χ3n) is 4.75. The summed E-state index contributed by atoms with van der Waals surface area (Å²) < 4.78 is 13.1. The molecule has 3 nitrogen and oxygen atoms in total. The minimum atomic E-state index is -0.404. The molecule has 1 fully saturated rings. The molecule has 0 saturated heterocycles. The zero-order valence-electron chi connectivity index (χ0n) is 12.3. The molecule has 20 heavy (non-hydrogen) atoms. The normalized spacial score (nSPS) is 24.9. The lowest BCUT2D eigenvalue weighted by Gasteiger charge is -2.40. The number of hydrogen-bond donors (Lipinski definition) is 2. The summed E-state index contributed by atoms with van der Waals surface area (Å²) in [6.45, 7) is 2.76. The summed E-state index contributed by atoms with van der Waals surface area (Å²) in [5, 5.41) is 9.94. The second kappa shape index (κ2) is 6.55. The van der Waals surface area contributed by atoms with Crippen LogP contribution in [0.15, 0.2) is 18.2 Å². The number of aromatic hydroxyl groups is 1. The van der Waals surface area contributed by atoms with Crippen molar-refractivity contribution in [1.29, 1.82) is 0 Å². The van der Waals surface area contributed by atoms with Gasteiger partial charge in [0.15, 0.2) is 0 Å². The molecule has 1 aromatic carbocycles. The zero-order chi connectivity index (χ0) is 14.7. The Labute approximate surface area is 120 Å². The van der Waals surface area contributed by atoms with E-state index in [0.29, 0.717) is 18.5 Å². The molecule has 3 unspecified atom stereocenters. The second-order valence-electron chi connectivity index (χ2n) is 5.89. The highest BCUT2D eigenvalue weighted by Gasteiger charge is 2.30. The largest absolute Gasteiger partial charge is 0.508 e. The van der Waals surface area contributed by atoms with Crippen molar-refractivity contribution in [1.82, 2.24) is 4.90 Å². The lowest BCUT2D eigenvalue weighted by atomic mass is 9.83. The number of phenols is 1. The molecule has 3 N–H and O–H groups in total. The number of nitrogens with two attached hydrogens (primary N) is 1. The fourth-order valence-electron chi connectivity index (χ4n) is 3.38. The molecule has 0 heterocycles. The summed E-state index contributed by atoms with van der Waals surface area (Å²) >= 11 is 0. The number of benzene rings is 1. The van der Waals surface area contributed by atoms with Crippen molar-refractivity contribution in [3.05, 3.63) is 29.6 Å². The summed E-state index contributed by atoms with van der Waals surface area (Å²) in [4.78, 5) is 2.28. The highest BCUT2D eigenvalue weighted by Crippen LogP contribution is 2.35. The van der Waals surface area contributed by atoms with Crippen molar-refractivity contribution in [3.63, 3.8) is 0 Å². The van der Waals surface area contributed by atoms with Gasteiger partial charge in [-0.1, -0.05) is 18.9 Å². The zero-order valence-corrected chi connectivity index (χ0v) is 12.3. The molecule has 0 radical (unpaired) electrons. The van der Waals surface area contributed by atoms with Crippen LogP contribution in [-0.2, 0) is 0 Å². The Kier molecular flexibility index (Phi) is 5.00. The summed E-state index contributed by atoms with van der Waals surface area (Å²) in [5.41, 5.74) is 6.67. The number of nitrogens with zero attached hydrogens (tertiary/aromatic N) is 1. The van der Waals surface area contributed by atoms with Gasteiger partial charge in [-0.25, -0.2) is 4.39 Å². The maximum absolute atomic E-state index is 13.1. The monoisotopic (exact) mass is 280 g/mol. The van der Waals surface area contributed by atoms with Crippen molar-refractivity contribution in [3.8, 4) is 5.75 Å². The first-order chi connectivity index (χ1) is 9.54. The van der Waals surface area contributed by atoms with Crippen LogP contribution in [0, 0.1) is 11.7 Å². The van der Waals surface area contributed by atoms with Gasteiger partial charge in [-0.3, -0.25) is 4.90 Å². The molecule has 0 bridgehead atoms. The maximum atomic E-state index is 13.1. The second-order valence-corrected chi connectivity index (χ2v) is 5.89. The number of hydrogen-bond acceptors (Lipinski definition) is 3. The first-order valence-corrected chi connectivity index (χ1v) is 7.45. The summed E-state index contributed by atoms with van der Waals surface area (Å²) in [6.07, 6.45) is 4.80. The predicted octanol–water partition coefficient (Wildman–Crippen LogP) is 3.04. The van der Waals surface area contributed by atoms with Crippen LogP contribution in [0.25, 0.3) is 0 Å². The lowest BCUT2D eigenvalue weighted by molar-refractivity contribution is 0.0978. The van der Waals surface area contributed by atoms with Gasteiger partial charge >= 0.3 is 0 Å². The van der Waals surface area contributed by atoms with E-state index in [4.69, 9.17) is 5.73 Å². The van der Waals surface area contributed by atoms with Crippen molar-refractivity contribution in [2.24, 2.45) is 11.7 Å². The van der Waals surface area contributed by atoms with Gasteiger partial charge in [-0.2, -0.15) is 0 Å². The molecule has 0 aromatic heterocycles. The third-order valence-corrected chi connectivity index (χ3v) is 4.75. The van der Waals surface area contributed by atoms with E-state index in [9.17, 15) is 9.50 Å². The maximum Gasteiger partial charge on any atom is 0.126 e. The van der Waals surface area contributed by atoms with E-state index < -0.39 is 5.82 Å². The number of halogens is 1. The van der Waals surface area contributed by atoms with Gasteiger partial charge < -0.3 is 10.8 Å². The number of rotatable bonds is 4. The molecule has 0 amide bonds. The van der Waals surface area contributed by atoms with Crippen molar-refractivity contribution in [2.75, 3.05) is 13.6 Å². The standard InChI is InChI=1S/C16H25FN2O/c1-11(14-8-7-13(17)9-16(14)20)19(2)15-6-4-3-5-12(15)10-18/h7-9,11-12,15,20H,3-6,10,18H2,1-2H3. The number of phenolic OH excluding ortho intramolecular Hbond substituents is 1. The molecule has 4 heteroatoms. The van der Waals surface area contributed by atoms with E-state index in [0.717, 1.165) is 12.0 Å². The Morgan fingerprint density at radius 2 is 2.10 bits per heavy atom. The van der Waals surface area contributed by atoms with E-state index >= 15 is 0 Å². The molecule has 1 saturated carbocycles. The van der Waals surface area contributed by atoms with Gasteiger partial charge in [-0.15, -0.1) is 0 Å². The van der Waals surface area contributed by atoms with Crippen LogP contribution in [0.1, 0.15) is 44.2 Å². The first kappa shape index (κ1) is 15.3. The minimum absolute atomic E-state index is 0.0319. The Morgan fingerprint density at radius 1 is 1.40 bits per heavy atom.